The predicted molar refractivity (Wildman–Crippen MR) is 80.1 cm³/mol. The summed E-state index contributed by atoms with van der Waals surface area (Å²) in [5, 5.41) is 0. The van der Waals surface area contributed by atoms with Crippen molar-refractivity contribution in [3.8, 4) is 0 Å². The van der Waals surface area contributed by atoms with Crippen LogP contribution in [0.3, 0.4) is 0 Å². The molecule has 0 rings (SSSR count). The molecule has 0 aromatic heterocycles. The van der Waals surface area contributed by atoms with Gasteiger partial charge in [0.2, 0.25) is 5.91 Å². The van der Waals surface area contributed by atoms with E-state index in [1.165, 1.54) is 0 Å². The summed E-state index contributed by atoms with van der Waals surface area (Å²) >= 11 is 5.86. The predicted octanol–water partition coefficient (Wildman–Crippen LogP) is 4.46. The highest BCUT2D eigenvalue weighted by Crippen LogP contribution is 2.19. The highest BCUT2D eigenvalue weighted by atomic mass is 35.5. The van der Waals surface area contributed by atoms with Crippen LogP contribution < -0.4 is 0 Å². The Labute approximate surface area is 118 Å². The largest absolute Gasteiger partial charge is 0.338 e. The van der Waals surface area contributed by atoms with Crippen molar-refractivity contribution in [2.45, 2.75) is 72.3 Å². The summed E-state index contributed by atoms with van der Waals surface area (Å²) in [6.45, 7) is 9.28. The summed E-state index contributed by atoms with van der Waals surface area (Å²) in [5.74, 6) is 1.04. The summed E-state index contributed by atoms with van der Waals surface area (Å²) in [7, 11) is 0. The van der Waals surface area contributed by atoms with Gasteiger partial charge in [0.1, 0.15) is 0 Å². The Kier molecular flexibility index (Phi) is 10.5. The van der Waals surface area contributed by atoms with Gasteiger partial charge in [-0.2, -0.15) is 0 Å². The minimum atomic E-state index is 0.189. The molecule has 1 amide bonds. The molecule has 108 valence electrons. The van der Waals surface area contributed by atoms with Crippen LogP contribution in [0.5, 0.6) is 0 Å². The maximum atomic E-state index is 12.6. The van der Waals surface area contributed by atoms with Crippen LogP contribution in [0, 0.1) is 5.92 Å². The molecule has 0 aromatic rings. The van der Waals surface area contributed by atoms with E-state index < -0.39 is 0 Å². The zero-order valence-corrected chi connectivity index (χ0v) is 13.3. The Hall–Kier alpha value is -0.240. The number of unbranched alkanes of at least 4 members (excludes halogenated alkanes) is 1. The van der Waals surface area contributed by atoms with E-state index in [0.717, 1.165) is 38.5 Å². The third-order valence-electron chi connectivity index (χ3n) is 3.74. The van der Waals surface area contributed by atoms with Gasteiger partial charge in [0.25, 0.3) is 0 Å². The van der Waals surface area contributed by atoms with E-state index in [0.29, 0.717) is 24.4 Å². The second-order valence-electron chi connectivity index (χ2n) is 4.94. The molecule has 0 heterocycles. The first-order valence-electron chi connectivity index (χ1n) is 7.52. The molecule has 0 N–H and O–H groups in total. The standard InChI is InChI=1S/C15H30ClNO/c1-5-9-10-13(6-2)15(18)17(12-11-16)14(7-3)8-4/h13-14H,5-12H2,1-4H3. The molecule has 0 radical (unpaired) electrons. The van der Waals surface area contributed by atoms with E-state index in [2.05, 4.69) is 27.7 Å². The topological polar surface area (TPSA) is 20.3 Å². The van der Waals surface area contributed by atoms with Crippen LogP contribution in [0.15, 0.2) is 0 Å². The first-order valence-corrected chi connectivity index (χ1v) is 8.05. The average Bonchev–Trinajstić information content (AvgIpc) is 2.39. The molecule has 0 aliphatic heterocycles. The number of halogens is 1. The fourth-order valence-corrected chi connectivity index (χ4v) is 2.66. The molecule has 0 spiro atoms. The van der Waals surface area contributed by atoms with Crippen LogP contribution in [-0.2, 0) is 4.79 Å². The van der Waals surface area contributed by atoms with Crippen molar-refractivity contribution in [2.75, 3.05) is 12.4 Å². The van der Waals surface area contributed by atoms with Crippen LogP contribution in [-0.4, -0.2) is 29.3 Å². The van der Waals surface area contributed by atoms with Gasteiger partial charge in [-0.1, -0.05) is 40.5 Å². The summed E-state index contributed by atoms with van der Waals surface area (Å²) in [6, 6.07) is 0.354. The van der Waals surface area contributed by atoms with Crippen LogP contribution in [0.1, 0.15) is 66.2 Å². The number of hydrogen-bond donors (Lipinski definition) is 0. The minimum Gasteiger partial charge on any atom is -0.338 e. The van der Waals surface area contributed by atoms with Crippen molar-refractivity contribution in [2.24, 2.45) is 5.92 Å². The molecule has 18 heavy (non-hydrogen) atoms. The number of carbonyl (C=O) groups is 1. The molecule has 0 aliphatic carbocycles. The summed E-state index contributed by atoms with van der Waals surface area (Å²) in [5.41, 5.74) is 0. The highest BCUT2D eigenvalue weighted by Gasteiger charge is 2.26. The molecule has 0 aromatic carbocycles. The Balaban J connectivity index is 4.69. The summed E-state index contributed by atoms with van der Waals surface area (Å²) < 4.78 is 0. The van der Waals surface area contributed by atoms with E-state index in [4.69, 9.17) is 11.6 Å². The lowest BCUT2D eigenvalue weighted by atomic mass is 9.96. The Bertz CT molecular complexity index is 217. The average molecular weight is 276 g/mol. The van der Waals surface area contributed by atoms with Gasteiger partial charge < -0.3 is 4.90 Å². The van der Waals surface area contributed by atoms with Crippen molar-refractivity contribution >= 4 is 17.5 Å². The normalized spacial score (nSPS) is 12.8. The van der Waals surface area contributed by atoms with Crippen molar-refractivity contribution in [1.29, 1.82) is 0 Å². The van der Waals surface area contributed by atoms with Gasteiger partial charge in [-0.15, -0.1) is 11.6 Å². The van der Waals surface area contributed by atoms with Gasteiger partial charge in [0, 0.05) is 24.4 Å². The number of amides is 1. The molecule has 2 nitrogen and oxygen atoms in total. The molecule has 3 heteroatoms. The second kappa shape index (κ2) is 10.7. The molecular formula is C15H30ClNO. The van der Waals surface area contributed by atoms with Crippen LogP contribution in [0.4, 0.5) is 0 Å². The minimum absolute atomic E-state index is 0.189. The zero-order chi connectivity index (χ0) is 14.0. The van der Waals surface area contributed by atoms with Crippen molar-refractivity contribution < 1.29 is 4.79 Å². The van der Waals surface area contributed by atoms with Crippen LogP contribution >= 0.6 is 11.6 Å². The van der Waals surface area contributed by atoms with E-state index in [1.54, 1.807) is 0 Å². The van der Waals surface area contributed by atoms with E-state index in [-0.39, 0.29) is 5.92 Å². The third kappa shape index (κ3) is 5.60. The molecule has 0 fully saturated rings. The van der Waals surface area contributed by atoms with E-state index >= 15 is 0 Å². The number of hydrogen-bond acceptors (Lipinski definition) is 1. The molecule has 0 saturated heterocycles. The molecule has 1 unspecified atom stereocenters. The summed E-state index contributed by atoms with van der Waals surface area (Å²) in [6.07, 6.45) is 6.29. The maximum absolute atomic E-state index is 12.6. The molecule has 0 bridgehead atoms. The zero-order valence-electron chi connectivity index (χ0n) is 12.5. The Morgan fingerprint density at radius 3 is 2.11 bits per heavy atom. The molecule has 0 saturated carbocycles. The maximum Gasteiger partial charge on any atom is 0.225 e. The lowest BCUT2D eigenvalue weighted by molar-refractivity contribution is -0.138. The Morgan fingerprint density at radius 2 is 1.72 bits per heavy atom. The van der Waals surface area contributed by atoms with Gasteiger partial charge in [0.05, 0.1) is 0 Å². The van der Waals surface area contributed by atoms with Crippen molar-refractivity contribution in [1.82, 2.24) is 4.90 Å². The van der Waals surface area contributed by atoms with E-state index in [9.17, 15) is 4.79 Å². The fraction of sp³-hybridized carbons (Fsp3) is 0.933. The van der Waals surface area contributed by atoms with Gasteiger partial charge in [-0.3, -0.25) is 4.79 Å². The number of rotatable bonds is 10. The quantitative estimate of drug-likeness (QED) is 0.539. The van der Waals surface area contributed by atoms with Gasteiger partial charge in [-0.25, -0.2) is 0 Å². The lowest BCUT2D eigenvalue weighted by Gasteiger charge is -2.33. The summed E-state index contributed by atoms with van der Waals surface area (Å²) in [4.78, 5) is 14.6. The van der Waals surface area contributed by atoms with Crippen molar-refractivity contribution in [3.05, 3.63) is 0 Å². The number of carbonyl (C=O) groups excluding carboxylic acids is 1. The van der Waals surface area contributed by atoms with Crippen LogP contribution in [0.25, 0.3) is 0 Å². The third-order valence-corrected chi connectivity index (χ3v) is 3.91. The van der Waals surface area contributed by atoms with Gasteiger partial charge in [0.15, 0.2) is 0 Å². The van der Waals surface area contributed by atoms with Crippen LogP contribution in [0.2, 0.25) is 0 Å². The lowest BCUT2D eigenvalue weighted by Crippen LogP contribution is -2.44. The molecule has 1 atom stereocenters. The first-order chi connectivity index (χ1) is 8.65. The van der Waals surface area contributed by atoms with Crippen molar-refractivity contribution in [3.63, 3.8) is 0 Å². The van der Waals surface area contributed by atoms with Gasteiger partial charge >= 0.3 is 0 Å². The van der Waals surface area contributed by atoms with Gasteiger partial charge in [-0.05, 0) is 25.7 Å². The monoisotopic (exact) mass is 275 g/mol. The molecular weight excluding hydrogens is 246 g/mol. The Morgan fingerprint density at radius 1 is 1.11 bits per heavy atom. The van der Waals surface area contributed by atoms with E-state index in [1.807, 2.05) is 4.90 Å². The smallest absolute Gasteiger partial charge is 0.225 e. The number of nitrogens with zero attached hydrogens (tertiary/aromatic N) is 1. The SMILES string of the molecule is CCCCC(CC)C(=O)N(CCCl)C(CC)CC. The highest BCUT2D eigenvalue weighted by molar-refractivity contribution is 6.18. The number of alkyl halides is 1. The first kappa shape index (κ1) is 17.8. The fourth-order valence-electron chi connectivity index (χ4n) is 2.48. The second-order valence-corrected chi connectivity index (χ2v) is 5.32. The molecule has 0 aliphatic rings.